The molecule has 3 rings (SSSR count). The highest BCUT2D eigenvalue weighted by Crippen LogP contribution is 2.38. The maximum absolute atomic E-state index is 5.27. The van der Waals surface area contributed by atoms with Crippen LogP contribution in [0.25, 0.3) is 0 Å². The van der Waals surface area contributed by atoms with Gasteiger partial charge in [0.25, 0.3) is 0 Å². The lowest BCUT2D eigenvalue weighted by Gasteiger charge is -2.02. The van der Waals surface area contributed by atoms with Crippen molar-refractivity contribution in [1.82, 2.24) is 10.1 Å². The van der Waals surface area contributed by atoms with Crippen LogP contribution in [0, 0.1) is 5.92 Å². The Balaban J connectivity index is 1.64. The van der Waals surface area contributed by atoms with Crippen LogP contribution < -0.4 is 0 Å². The summed E-state index contributed by atoms with van der Waals surface area (Å²) >= 11 is 0. The van der Waals surface area contributed by atoms with Gasteiger partial charge in [0.2, 0.25) is 5.89 Å². The summed E-state index contributed by atoms with van der Waals surface area (Å²) in [5.74, 6) is 3.26. The summed E-state index contributed by atoms with van der Waals surface area (Å²) in [4.78, 5) is 4.46. The first-order valence-corrected chi connectivity index (χ1v) is 5.74. The molecule has 1 aromatic heterocycles. The van der Waals surface area contributed by atoms with E-state index in [0.29, 0.717) is 5.92 Å². The van der Waals surface area contributed by atoms with E-state index in [0.717, 1.165) is 24.1 Å². The molecule has 0 N–H and O–H groups in total. The van der Waals surface area contributed by atoms with Crippen molar-refractivity contribution in [2.24, 2.45) is 5.92 Å². The fourth-order valence-corrected chi connectivity index (χ4v) is 2.32. The molecule has 0 aromatic carbocycles. The molecule has 2 aliphatic carbocycles. The molecule has 1 heterocycles. The summed E-state index contributed by atoms with van der Waals surface area (Å²) in [6, 6.07) is 0. The highest BCUT2D eigenvalue weighted by atomic mass is 16.5. The number of hydrogen-bond donors (Lipinski definition) is 0. The molecule has 3 nitrogen and oxygen atoms in total. The minimum atomic E-state index is 0.621. The van der Waals surface area contributed by atoms with Crippen molar-refractivity contribution < 1.29 is 4.52 Å². The minimum absolute atomic E-state index is 0.621. The maximum atomic E-state index is 5.27. The van der Waals surface area contributed by atoms with E-state index in [2.05, 4.69) is 10.1 Å². The van der Waals surface area contributed by atoms with Crippen molar-refractivity contribution in [2.45, 2.75) is 50.9 Å². The van der Waals surface area contributed by atoms with Crippen molar-refractivity contribution >= 4 is 0 Å². The van der Waals surface area contributed by atoms with Gasteiger partial charge in [-0.15, -0.1) is 0 Å². The molecule has 14 heavy (non-hydrogen) atoms. The summed E-state index contributed by atoms with van der Waals surface area (Å²) in [5, 5.41) is 4.03. The summed E-state index contributed by atoms with van der Waals surface area (Å²) in [6.07, 6.45) is 8.98. The van der Waals surface area contributed by atoms with Crippen LogP contribution in [-0.4, -0.2) is 10.1 Å². The Hall–Kier alpha value is -0.860. The van der Waals surface area contributed by atoms with Crippen molar-refractivity contribution in [2.75, 3.05) is 0 Å². The minimum Gasteiger partial charge on any atom is -0.339 e. The van der Waals surface area contributed by atoms with Crippen LogP contribution in [0.2, 0.25) is 0 Å². The smallest absolute Gasteiger partial charge is 0.226 e. The molecule has 2 fully saturated rings. The molecule has 76 valence electrons. The van der Waals surface area contributed by atoms with Gasteiger partial charge in [-0.1, -0.05) is 18.0 Å². The molecule has 0 bridgehead atoms. The van der Waals surface area contributed by atoms with E-state index in [1.165, 1.54) is 38.5 Å². The van der Waals surface area contributed by atoms with Crippen LogP contribution in [0.1, 0.15) is 56.2 Å². The standard InChI is InChI=1S/C11H16N2O/c1-2-4-8(3-1)7-10-12-11(13-14-10)9-5-6-9/h8-9H,1-7H2. The lowest BCUT2D eigenvalue weighted by molar-refractivity contribution is 0.349. The van der Waals surface area contributed by atoms with Gasteiger partial charge < -0.3 is 4.52 Å². The van der Waals surface area contributed by atoms with E-state index < -0.39 is 0 Å². The second-order valence-electron chi connectivity index (χ2n) is 4.68. The summed E-state index contributed by atoms with van der Waals surface area (Å²) in [5.41, 5.74) is 0. The molecule has 1 aromatic rings. The van der Waals surface area contributed by atoms with Gasteiger partial charge in [-0.3, -0.25) is 0 Å². The first-order valence-electron chi connectivity index (χ1n) is 5.74. The Bertz CT molecular complexity index is 311. The number of hydrogen-bond acceptors (Lipinski definition) is 3. The van der Waals surface area contributed by atoms with Crippen LogP contribution in [-0.2, 0) is 6.42 Å². The summed E-state index contributed by atoms with van der Waals surface area (Å²) < 4.78 is 5.27. The molecule has 0 radical (unpaired) electrons. The van der Waals surface area contributed by atoms with Gasteiger partial charge in [0.1, 0.15) is 0 Å². The largest absolute Gasteiger partial charge is 0.339 e. The maximum Gasteiger partial charge on any atom is 0.226 e. The van der Waals surface area contributed by atoms with Gasteiger partial charge in [0, 0.05) is 12.3 Å². The molecule has 0 saturated heterocycles. The Labute approximate surface area is 83.9 Å². The van der Waals surface area contributed by atoms with Crippen LogP contribution in [0.4, 0.5) is 0 Å². The normalized spacial score (nSPS) is 23.1. The number of rotatable bonds is 3. The van der Waals surface area contributed by atoms with Crippen molar-refractivity contribution in [3.8, 4) is 0 Å². The predicted octanol–water partition coefficient (Wildman–Crippen LogP) is 2.68. The third kappa shape index (κ3) is 1.68. The zero-order valence-corrected chi connectivity index (χ0v) is 8.41. The highest BCUT2D eigenvalue weighted by molar-refractivity contribution is 5.03. The topological polar surface area (TPSA) is 38.9 Å². The van der Waals surface area contributed by atoms with E-state index >= 15 is 0 Å². The Kier molecular flexibility index (Phi) is 2.03. The third-order valence-corrected chi connectivity index (χ3v) is 3.36. The van der Waals surface area contributed by atoms with Gasteiger partial charge in [-0.2, -0.15) is 4.98 Å². The molecule has 0 atom stereocenters. The predicted molar refractivity (Wildman–Crippen MR) is 51.9 cm³/mol. The molecule has 0 amide bonds. The SMILES string of the molecule is C1CCC(Cc2nc(C3CC3)no2)C1. The highest BCUT2D eigenvalue weighted by Gasteiger charge is 2.29. The molecule has 3 heteroatoms. The van der Waals surface area contributed by atoms with Gasteiger partial charge >= 0.3 is 0 Å². The van der Waals surface area contributed by atoms with E-state index in [1.807, 2.05) is 0 Å². The lowest BCUT2D eigenvalue weighted by Crippen LogP contribution is -1.98. The van der Waals surface area contributed by atoms with Crippen molar-refractivity contribution in [3.63, 3.8) is 0 Å². The average Bonchev–Trinajstić information content (AvgIpc) is 2.75. The zero-order chi connectivity index (χ0) is 9.38. The monoisotopic (exact) mass is 192 g/mol. The molecule has 2 saturated carbocycles. The first kappa shape index (κ1) is 8.45. The van der Waals surface area contributed by atoms with Gasteiger partial charge in [0.15, 0.2) is 5.82 Å². The molecular weight excluding hydrogens is 176 g/mol. The van der Waals surface area contributed by atoms with Crippen LogP contribution in [0.5, 0.6) is 0 Å². The van der Waals surface area contributed by atoms with Gasteiger partial charge in [-0.25, -0.2) is 0 Å². The molecular formula is C11H16N2O. The van der Waals surface area contributed by atoms with Crippen LogP contribution in [0.15, 0.2) is 4.52 Å². The number of nitrogens with zero attached hydrogens (tertiary/aromatic N) is 2. The molecule has 0 aliphatic heterocycles. The fraction of sp³-hybridized carbons (Fsp3) is 0.818. The van der Waals surface area contributed by atoms with Gasteiger partial charge in [-0.05, 0) is 31.6 Å². The van der Waals surface area contributed by atoms with Crippen LogP contribution >= 0.6 is 0 Å². The molecule has 0 spiro atoms. The Morgan fingerprint density at radius 3 is 2.64 bits per heavy atom. The quantitative estimate of drug-likeness (QED) is 0.739. The Morgan fingerprint density at radius 1 is 1.14 bits per heavy atom. The van der Waals surface area contributed by atoms with E-state index in [-0.39, 0.29) is 0 Å². The fourth-order valence-electron chi connectivity index (χ4n) is 2.32. The lowest BCUT2D eigenvalue weighted by atomic mass is 10.0. The summed E-state index contributed by atoms with van der Waals surface area (Å²) in [7, 11) is 0. The first-order chi connectivity index (χ1) is 6.92. The molecule has 0 unspecified atom stereocenters. The van der Waals surface area contributed by atoms with E-state index in [4.69, 9.17) is 4.52 Å². The summed E-state index contributed by atoms with van der Waals surface area (Å²) in [6.45, 7) is 0. The average molecular weight is 192 g/mol. The molecule has 2 aliphatic rings. The second-order valence-corrected chi connectivity index (χ2v) is 4.68. The van der Waals surface area contributed by atoms with Crippen LogP contribution in [0.3, 0.4) is 0 Å². The second kappa shape index (κ2) is 3.37. The van der Waals surface area contributed by atoms with Crippen molar-refractivity contribution in [1.29, 1.82) is 0 Å². The third-order valence-electron chi connectivity index (χ3n) is 3.36. The van der Waals surface area contributed by atoms with Gasteiger partial charge in [0.05, 0.1) is 0 Å². The number of aromatic nitrogens is 2. The van der Waals surface area contributed by atoms with E-state index in [9.17, 15) is 0 Å². The Morgan fingerprint density at radius 2 is 1.93 bits per heavy atom. The van der Waals surface area contributed by atoms with Crippen molar-refractivity contribution in [3.05, 3.63) is 11.7 Å². The van der Waals surface area contributed by atoms with E-state index in [1.54, 1.807) is 0 Å². The zero-order valence-electron chi connectivity index (χ0n) is 8.41.